The van der Waals surface area contributed by atoms with Crippen LogP contribution in [0.5, 0.6) is 0 Å². The Bertz CT molecular complexity index is 471. The fourth-order valence-corrected chi connectivity index (χ4v) is 3.37. The molecule has 1 aliphatic heterocycles. The van der Waals surface area contributed by atoms with E-state index in [1.165, 1.54) is 0 Å². The first-order valence-corrected chi connectivity index (χ1v) is 10.7. The van der Waals surface area contributed by atoms with Crippen molar-refractivity contribution in [3.8, 4) is 0 Å². The third-order valence-corrected chi connectivity index (χ3v) is 5.12. The number of guanidine groups is 1. The summed E-state index contributed by atoms with van der Waals surface area (Å²) in [4.78, 5) is 21.4. The average molecular weight is 382 g/mol. The summed E-state index contributed by atoms with van der Waals surface area (Å²) in [5, 5.41) is 6.49. The predicted octanol–water partition coefficient (Wildman–Crippen LogP) is 1.30. The minimum absolute atomic E-state index is 0.169. The van der Waals surface area contributed by atoms with E-state index in [-0.39, 0.29) is 12.0 Å². The molecule has 7 nitrogen and oxygen atoms in total. The molecule has 1 atom stereocenters. The van der Waals surface area contributed by atoms with Crippen molar-refractivity contribution in [1.82, 2.24) is 20.4 Å². The zero-order valence-corrected chi connectivity index (χ0v) is 17.7. The summed E-state index contributed by atoms with van der Waals surface area (Å²) in [5.74, 6) is 1.66. The highest BCUT2D eigenvalue weighted by Crippen LogP contribution is 2.18. The van der Waals surface area contributed by atoms with Crippen molar-refractivity contribution in [1.29, 1.82) is 0 Å². The average Bonchev–Trinajstić information content (AvgIpc) is 3.44. The molecule has 2 aliphatic rings. The Morgan fingerprint density at radius 1 is 1.19 bits per heavy atom. The summed E-state index contributed by atoms with van der Waals surface area (Å²) in [6.45, 7) is 15.1. The molecule has 0 aromatic heterocycles. The van der Waals surface area contributed by atoms with E-state index in [9.17, 15) is 4.79 Å². The van der Waals surface area contributed by atoms with Gasteiger partial charge in [0.05, 0.1) is 12.6 Å². The van der Waals surface area contributed by atoms with Crippen LogP contribution in [0.2, 0.25) is 0 Å². The van der Waals surface area contributed by atoms with Crippen LogP contribution >= 0.6 is 0 Å². The van der Waals surface area contributed by atoms with Crippen LogP contribution in [0.4, 0.5) is 0 Å². The first-order chi connectivity index (χ1) is 13.0. The molecule has 156 valence electrons. The molecule has 27 heavy (non-hydrogen) atoms. The Morgan fingerprint density at radius 3 is 2.44 bits per heavy atom. The second kappa shape index (κ2) is 11.5. The van der Waals surface area contributed by atoms with Gasteiger partial charge in [0.25, 0.3) is 0 Å². The van der Waals surface area contributed by atoms with Crippen molar-refractivity contribution in [2.45, 2.75) is 59.1 Å². The van der Waals surface area contributed by atoms with E-state index in [1.807, 2.05) is 6.92 Å². The van der Waals surface area contributed by atoms with Crippen molar-refractivity contribution < 1.29 is 9.53 Å². The number of aliphatic imine (C=N–C) groups is 1. The molecule has 0 aromatic rings. The van der Waals surface area contributed by atoms with Gasteiger partial charge in [-0.05, 0) is 39.0 Å². The highest BCUT2D eigenvalue weighted by molar-refractivity contribution is 5.80. The molecule has 2 fully saturated rings. The zero-order valence-electron chi connectivity index (χ0n) is 17.7. The number of rotatable bonds is 10. The summed E-state index contributed by atoms with van der Waals surface area (Å²) in [6.07, 6.45) is 3.50. The van der Waals surface area contributed by atoms with Gasteiger partial charge in [-0.1, -0.05) is 13.8 Å². The highest BCUT2D eigenvalue weighted by atomic mass is 16.5. The monoisotopic (exact) mass is 381 g/mol. The lowest BCUT2D eigenvalue weighted by atomic mass is 10.0. The Balaban J connectivity index is 1.77. The second-order valence-corrected chi connectivity index (χ2v) is 7.87. The lowest BCUT2D eigenvalue weighted by Gasteiger charge is -2.36. The van der Waals surface area contributed by atoms with Crippen LogP contribution in [0.1, 0.15) is 47.0 Å². The van der Waals surface area contributed by atoms with Gasteiger partial charge in [0.1, 0.15) is 0 Å². The summed E-state index contributed by atoms with van der Waals surface area (Å²) in [5.41, 5.74) is 0. The van der Waals surface area contributed by atoms with Crippen molar-refractivity contribution >= 4 is 11.9 Å². The first kappa shape index (κ1) is 22.0. The quantitative estimate of drug-likeness (QED) is 0.441. The standard InChI is InChI=1S/C20H39N5O2/c1-5-21-20(22-10-9-18(16(3)4)27-6-2)25-13-11-24(12-14-25)15-19(26)23-17-7-8-17/h16-18H,5-15H2,1-4H3,(H,21,22)(H,23,26). The second-order valence-electron chi connectivity index (χ2n) is 7.87. The third-order valence-electron chi connectivity index (χ3n) is 5.12. The smallest absolute Gasteiger partial charge is 0.234 e. The fraction of sp³-hybridized carbons (Fsp3) is 0.900. The van der Waals surface area contributed by atoms with Gasteiger partial charge in [-0.15, -0.1) is 0 Å². The van der Waals surface area contributed by atoms with Crippen LogP contribution < -0.4 is 10.6 Å². The maximum atomic E-state index is 12.0. The van der Waals surface area contributed by atoms with Gasteiger partial charge >= 0.3 is 0 Å². The minimum Gasteiger partial charge on any atom is -0.378 e. The van der Waals surface area contributed by atoms with E-state index in [1.54, 1.807) is 0 Å². The molecular weight excluding hydrogens is 342 g/mol. The molecule has 1 unspecified atom stereocenters. The number of hydrogen-bond donors (Lipinski definition) is 2. The molecule has 1 heterocycles. The number of nitrogens with one attached hydrogen (secondary N) is 2. The molecule has 0 aromatic carbocycles. The largest absolute Gasteiger partial charge is 0.378 e. The predicted molar refractivity (Wildman–Crippen MR) is 110 cm³/mol. The number of ether oxygens (including phenoxy) is 1. The van der Waals surface area contributed by atoms with Gasteiger partial charge < -0.3 is 20.3 Å². The topological polar surface area (TPSA) is 69.2 Å². The Hall–Kier alpha value is -1.34. The van der Waals surface area contributed by atoms with Gasteiger partial charge in [-0.3, -0.25) is 14.7 Å². The zero-order chi connectivity index (χ0) is 19.6. The van der Waals surface area contributed by atoms with Gasteiger partial charge in [-0.2, -0.15) is 0 Å². The van der Waals surface area contributed by atoms with Crippen LogP contribution in [0.3, 0.4) is 0 Å². The molecule has 2 rings (SSSR count). The molecular formula is C20H39N5O2. The maximum absolute atomic E-state index is 12.0. The number of carbonyl (C=O) groups excluding carboxylic acids is 1. The van der Waals surface area contributed by atoms with Gasteiger partial charge in [0.2, 0.25) is 5.91 Å². The van der Waals surface area contributed by atoms with Crippen molar-refractivity contribution in [3.63, 3.8) is 0 Å². The van der Waals surface area contributed by atoms with Gasteiger partial charge in [0, 0.05) is 51.9 Å². The van der Waals surface area contributed by atoms with Crippen molar-refractivity contribution in [3.05, 3.63) is 0 Å². The summed E-state index contributed by atoms with van der Waals surface area (Å²) in [6, 6.07) is 0.442. The van der Waals surface area contributed by atoms with Crippen LogP contribution in [0, 0.1) is 5.92 Å². The van der Waals surface area contributed by atoms with E-state index < -0.39 is 0 Å². The fourth-order valence-electron chi connectivity index (χ4n) is 3.37. The normalized spacial score (nSPS) is 20.0. The summed E-state index contributed by atoms with van der Waals surface area (Å²) in [7, 11) is 0. The van der Waals surface area contributed by atoms with E-state index in [4.69, 9.17) is 9.73 Å². The Labute approximate surface area is 164 Å². The van der Waals surface area contributed by atoms with Crippen LogP contribution in [0.15, 0.2) is 4.99 Å². The third kappa shape index (κ3) is 8.05. The molecule has 2 N–H and O–H groups in total. The summed E-state index contributed by atoms with van der Waals surface area (Å²) >= 11 is 0. The number of amides is 1. The van der Waals surface area contributed by atoms with Crippen LogP contribution in [0.25, 0.3) is 0 Å². The lowest BCUT2D eigenvalue weighted by Crippen LogP contribution is -2.54. The molecule has 1 saturated carbocycles. The van der Waals surface area contributed by atoms with Crippen LogP contribution in [-0.2, 0) is 9.53 Å². The Morgan fingerprint density at radius 2 is 1.89 bits per heavy atom. The highest BCUT2D eigenvalue weighted by Gasteiger charge is 2.26. The molecule has 0 bridgehead atoms. The van der Waals surface area contributed by atoms with E-state index >= 15 is 0 Å². The Kier molecular flexibility index (Phi) is 9.34. The number of hydrogen-bond acceptors (Lipinski definition) is 4. The van der Waals surface area contributed by atoms with Crippen molar-refractivity contribution in [2.24, 2.45) is 10.9 Å². The molecule has 0 radical (unpaired) electrons. The van der Waals surface area contributed by atoms with E-state index in [2.05, 4.69) is 41.2 Å². The molecule has 1 amide bonds. The SMILES string of the molecule is CCNC(=NCCC(OCC)C(C)C)N1CCN(CC(=O)NC2CC2)CC1. The number of piperazine rings is 1. The number of carbonyl (C=O) groups is 1. The lowest BCUT2D eigenvalue weighted by molar-refractivity contribution is -0.122. The molecule has 0 spiro atoms. The van der Waals surface area contributed by atoms with E-state index in [0.717, 1.165) is 71.1 Å². The molecule has 1 saturated heterocycles. The maximum Gasteiger partial charge on any atom is 0.234 e. The van der Waals surface area contributed by atoms with Gasteiger partial charge in [-0.25, -0.2) is 0 Å². The molecule has 1 aliphatic carbocycles. The van der Waals surface area contributed by atoms with E-state index in [0.29, 0.717) is 18.5 Å². The van der Waals surface area contributed by atoms with Crippen LogP contribution in [-0.4, -0.2) is 86.2 Å². The minimum atomic E-state index is 0.169. The van der Waals surface area contributed by atoms with Crippen molar-refractivity contribution in [2.75, 3.05) is 52.4 Å². The molecule has 7 heteroatoms. The first-order valence-electron chi connectivity index (χ1n) is 10.7. The number of nitrogens with zero attached hydrogens (tertiary/aromatic N) is 3. The summed E-state index contributed by atoms with van der Waals surface area (Å²) < 4.78 is 5.83. The van der Waals surface area contributed by atoms with Gasteiger partial charge in [0.15, 0.2) is 5.96 Å².